The average molecular weight is 254 g/mol. The summed E-state index contributed by atoms with van der Waals surface area (Å²) in [6, 6.07) is 9.72. The SMILES string of the molecule is [Cl][Pd]([Cl])[c]1ccccc1. The molecule has 3 heteroatoms. The molecule has 0 unspecified atom stereocenters. The summed E-state index contributed by atoms with van der Waals surface area (Å²) in [4.78, 5) is 0. The van der Waals surface area contributed by atoms with Gasteiger partial charge in [-0.2, -0.15) is 0 Å². The van der Waals surface area contributed by atoms with E-state index in [1.54, 1.807) is 0 Å². The summed E-state index contributed by atoms with van der Waals surface area (Å²) >= 11 is -1.39. The summed E-state index contributed by atoms with van der Waals surface area (Å²) in [7, 11) is 11.4. The molecule has 0 aliphatic heterocycles. The van der Waals surface area contributed by atoms with Gasteiger partial charge in [0.25, 0.3) is 0 Å². The van der Waals surface area contributed by atoms with E-state index < -0.39 is 14.7 Å². The van der Waals surface area contributed by atoms with Crippen molar-refractivity contribution in [3.05, 3.63) is 30.3 Å². The van der Waals surface area contributed by atoms with Gasteiger partial charge in [-0.15, -0.1) is 0 Å². The minimum atomic E-state index is -1.39. The van der Waals surface area contributed by atoms with Crippen LogP contribution in [0.15, 0.2) is 30.3 Å². The molecule has 0 aromatic heterocycles. The van der Waals surface area contributed by atoms with Crippen molar-refractivity contribution in [1.82, 2.24) is 0 Å². The Hall–Kier alpha value is 0.462. The molecule has 0 saturated heterocycles. The minimum absolute atomic E-state index is 1.06. The third kappa shape index (κ3) is 2.28. The van der Waals surface area contributed by atoms with Crippen LogP contribution in [0.3, 0.4) is 0 Å². The Bertz CT molecular complexity index is 174. The van der Waals surface area contributed by atoms with E-state index >= 15 is 0 Å². The fourth-order valence-electron chi connectivity index (χ4n) is 0.482. The second-order valence-electron chi connectivity index (χ2n) is 1.42. The Morgan fingerprint density at radius 1 is 1.00 bits per heavy atom. The van der Waals surface area contributed by atoms with E-state index in [2.05, 4.69) is 0 Å². The van der Waals surface area contributed by atoms with Gasteiger partial charge in [0, 0.05) is 0 Å². The van der Waals surface area contributed by atoms with E-state index in [9.17, 15) is 0 Å². The molecule has 0 fully saturated rings. The molecule has 9 heavy (non-hydrogen) atoms. The predicted molar refractivity (Wildman–Crippen MR) is 37.8 cm³/mol. The van der Waals surface area contributed by atoms with Crippen molar-refractivity contribution >= 4 is 23.1 Å². The molecular formula is C6H5Cl2Pd. The molecule has 1 rings (SSSR count). The van der Waals surface area contributed by atoms with E-state index in [-0.39, 0.29) is 0 Å². The summed E-state index contributed by atoms with van der Waals surface area (Å²) < 4.78 is 1.06. The van der Waals surface area contributed by atoms with Gasteiger partial charge in [0.05, 0.1) is 0 Å². The average Bonchev–Trinajstić information content (AvgIpc) is 1.90. The van der Waals surface area contributed by atoms with E-state index in [4.69, 9.17) is 19.1 Å². The van der Waals surface area contributed by atoms with Gasteiger partial charge in [-0.05, 0) is 0 Å². The summed E-state index contributed by atoms with van der Waals surface area (Å²) in [5.41, 5.74) is 0. The van der Waals surface area contributed by atoms with Crippen LogP contribution < -0.4 is 4.04 Å². The molecule has 0 saturated carbocycles. The molecule has 0 bridgehead atoms. The maximum absolute atomic E-state index is 5.69. The van der Waals surface area contributed by atoms with Gasteiger partial charge in [0.1, 0.15) is 0 Å². The van der Waals surface area contributed by atoms with Gasteiger partial charge in [0.15, 0.2) is 0 Å². The van der Waals surface area contributed by atoms with Crippen molar-refractivity contribution in [3.8, 4) is 0 Å². The number of rotatable bonds is 1. The first-order chi connectivity index (χ1) is 4.30. The molecule has 0 radical (unpaired) electrons. The zero-order valence-electron chi connectivity index (χ0n) is 4.46. The zero-order chi connectivity index (χ0) is 6.69. The van der Waals surface area contributed by atoms with Crippen molar-refractivity contribution < 1.29 is 14.7 Å². The monoisotopic (exact) mass is 253 g/mol. The summed E-state index contributed by atoms with van der Waals surface area (Å²) in [5, 5.41) is 0. The van der Waals surface area contributed by atoms with Crippen molar-refractivity contribution in [1.29, 1.82) is 0 Å². The second-order valence-corrected chi connectivity index (χ2v) is 6.68. The Balaban J connectivity index is 2.85. The first kappa shape index (κ1) is 7.57. The van der Waals surface area contributed by atoms with Crippen LogP contribution in [-0.2, 0) is 14.7 Å². The van der Waals surface area contributed by atoms with E-state index in [0.29, 0.717) is 0 Å². The molecule has 0 aliphatic carbocycles. The fraction of sp³-hybridized carbons (Fsp3) is 0. The second kappa shape index (κ2) is 3.59. The van der Waals surface area contributed by atoms with Crippen LogP contribution in [0, 0.1) is 0 Å². The molecule has 1 aromatic carbocycles. The fourth-order valence-corrected chi connectivity index (χ4v) is 2.12. The van der Waals surface area contributed by atoms with Crippen molar-refractivity contribution in [3.63, 3.8) is 0 Å². The Labute approximate surface area is 68.0 Å². The maximum atomic E-state index is 5.69. The molecule has 0 atom stereocenters. The number of hydrogen-bond acceptors (Lipinski definition) is 0. The number of hydrogen-bond donors (Lipinski definition) is 0. The normalized spacial score (nSPS) is 11.1. The van der Waals surface area contributed by atoms with Crippen LogP contribution in [0.2, 0.25) is 0 Å². The van der Waals surface area contributed by atoms with Crippen LogP contribution in [0.1, 0.15) is 0 Å². The summed E-state index contributed by atoms with van der Waals surface area (Å²) in [6.45, 7) is 0. The molecule has 53 valence electrons. The summed E-state index contributed by atoms with van der Waals surface area (Å²) in [6.07, 6.45) is 0. The van der Waals surface area contributed by atoms with Gasteiger partial charge in [0.2, 0.25) is 0 Å². The van der Waals surface area contributed by atoms with E-state index in [0.717, 1.165) is 4.04 Å². The third-order valence-electron chi connectivity index (χ3n) is 0.851. The Morgan fingerprint density at radius 3 is 1.89 bits per heavy atom. The predicted octanol–water partition coefficient (Wildman–Crippen LogP) is 2.24. The van der Waals surface area contributed by atoms with E-state index in [1.165, 1.54) is 0 Å². The number of benzene rings is 1. The standard InChI is InChI=1S/C6H5.2ClH.Pd/c1-2-4-6-5-3-1;;;/h1-5H;2*1H;/q;;;+2/p-2. The van der Waals surface area contributed by atoms with E-state index in [1.807, 2.05) is 30.3 Å². The molecule has 0 nitrogen and oxygen atoms in total. The van der Waals surface area contributed by atoms with Crippen LogP contribution in [0.4, 0.5) is 0 Å². The van der Waals surface area contributed by atoms with Gasteiger partial charge in [-0.3, -0.25) is 0 Å². The van der Waals surface area contributed by atoms with Crippen molar-refractivity contribution in [2.75, 3.05) is 0 Å². The molecule has 0 spiro atoms. The first-order valence-electron chi connectivity index (χ1n) is 2.31. The topological polar surface area (TPSA) is 0 Å². The quantitative estimate of drug-likeness (QED) is 0.674. The molecule has 0 heterocycles. The van der Waals surface area contributed by atoms with Crippen LogP contribution in [0.25, 0.3) is 0 Å². The van der Waals surface area contributed by atoms with Crippen molar-refractivity contribution in [2.24, 2.45) is 0 Å². The third-order valence-corrected chi connectivity index (χ3v) is 3.68. The summed E-state index contributed by atoms with van der Waals surface area (Å²) in [5.74, 6) is 0. The molecule has 0 aliphatic rings. The molecule has 1 aromatic rings. The number of halogens is 2. The van der Waals surface area contributed by atoms with Crippen LogP contribution in [-0.4, -0.2) is 0 Å². The van der Waals surface area contributed by atoms with Crippen LogP contribution >= 0.6 is 19.1 Å². The Kier molecular flexibility index (Phi) is 3.02. The van der Waals surface area contributed by atoms with Crippen molar-refractivity contribution in [2.45, 2.75) is 0 Å². The Morgan fingerprint density at radius 2 is 1.56 bits per heavy atom. The van der Waals surface area contributed by atoms with Gasteiger partial charge in [-0.1, -0.05) is 0 Å². The van der Waals surface area contributed by atoms with Crippen LogP contribution in [0.5, 0.6) is 0 Å². The molecule has 0 amide bonds. The molecular weight excluding hydrogens is 249 g/mol. The van der Waals surface area contributed by atoms with Gasteiger partial charge < -0.3 is 0 Å². The van der Waals surface area contributed by atoms with Gasteiger partial charge >= 0.3 is 68.1 Å². The molecule has 0 N–H and O–H groups in total. The van der Waals surface area contributed by atoms with Gasteiger partial charge in [-0.25, -0.2) is 0 Å². The first-order valence-corrected chi connectivity index (χ1v) is 7.09. The zero-order valence-corrected chi connectivity index (χ0v) is 7.53.